The first-order valence-electron chi connectivity index (χ1n) is 6.31. The van der Waals surface area contributed by atoms with Gasteiger partial charge in [0, 0.05) is 18.4 Å². The summed E-state index contributed by atoms with van der Waals surface area (Å²) in [6.45, 7) is 7.86. The van der Waals surface area contributed by atoms with E-state index in [0.29, 0.717) is 11.8 Å². The highest BCUT2D eigenvalue weighted by molar-refractivity contribution is 5.20. The van der Waals surface area contributed by atoms with Crippen molar-refractivity contribution in [2.24, 2.45) is 5.92 Å². The van der Waals surface area contributed by atoms with Gasteiger partial charge in [-0.2, -0.15) is 0 Å². The van der Waals surface area contributed by atoms with Gasteiger partial charge in [0.05, 0.1) is 0 Å². The highest BCUT2D eigenvalue weighted by atomic mass is 14.9. The Kier molecular flexibility index (Phi) is 3.59. The Morgan fingerprint density at radius 1 is 1.38 bits per heavy atom. The average molecular weight is 218 g/mol. The molecule has 1 aliphatic rings. The average Bonchev–Trinajstić information content (AvgIpc) is 3.08. The molecule has 1 heterocycles. The first-order chi connectivity index (χ1) is 7.66. The maximum absolute atomic E-state index is 4.27. The molecule has 0 saturated heterocycles. The van der Waals surface area contributed by atoms with Crippen LogP contribution < -0.4 is 5.32 Å². The molecule has 0 bridgehead atoms. The summed E-state index contributed by atoms with van der Waals surface area (Å²) in [7, 11) is 0. The van der Waals surface area contributed by atoms with Gasteiger partial charge in [-0.15, -0.1) is 0 Å². The lowest BCUT2D eigenvalue weighted by molar-refractivity contribution is 0.445. The number of aryl methyl sites for hydroxylation is 1. The second-order valence-electron chi connectivity index (χ2n) is 5.24. The molecule has 1 fully saturated rings. The maximum atomic E-state index is 4.27. The molecule has 1 saturated carbocycles. The fourth-order valence-corrected chi connectivity index (χ4v) is 1.97. The van der Waals surface area contributed by atoms with Crippen LogP contribution in [0.4, 0.5) is 0 Å². The fraction of sp³-hybridized carbons (Fsp3) is 0.643. The molecule has 2 nitrogen and oxygen atoms in total. The molecule has 1 aromatic heterocycles. The quantitative estimate of drug-likeness (QED) is 0.822. The van der Waals surface area contributed by atoms with Crippen molar-refractivity contribution in [1.82, 2.24) is 10.3 Å². The Hall–Kier alpha value is -0.890. The van der Waals surface area contributed by atoms with E-state index in [1.165, 1.54) is 24.0 Å². The van der Waals surface area contributed by atoms with Crippen LogP contribution in [-0.4, -0.2) is 17.6 Å². The van der Waals surface area contributed by atoms with Crippen molar-refractivity contribution in [3.05, 3.63) is 29.6 Å². The molecular weight excluding hydrogens is 196 g/mol. The highest BCUT2D eigenvalue weighted by Crippen LogP contribution is 2.25. The van der Waals surface area contributed by atoms with E-state index in [9.17, 15) is 0 Å². The van der Waals surface area contributed by atoms with E-state index in [0.717, 1.165) is 12.6 Å². The Morgan fingerprint density at radius 3 is 2.75 bits per heavy atom. The van der Waals surface area contributed by atoms with E-state index in [2.05, 4.69) is 37.1 Å². The molecule has 2 atom stereocenters. The first-order valence-corrected chi connectivity index (χ1v) is 6.31. The molecule has 1 aliphatic carbocycles. The standard InChI is InChI=1S/C14H22N2/c1-10-6-13(9-15-7-10)12(3)11(2)8-16-14-4-5-14/h6-7,9,11-12,14,16H,4-5,8H2,1-3H3. The molecule has 1 N–H and O–H groups in total. The van der Waals surface area contributed by atoms with Gasteiger partial charge in [-0.05, 0) is 49.3 Å². The SMILES string of the molecule is Cc1cncc(C(C)C(C)CNC2CC2)c1. The summed E-state index contributed by atoms with van der Waals surface area (Å²) in [6.07, 6.45) is 6.66. The summed E-state index contributed by atoms with van der Waals surface area (Å²) < 4.78 is 0. The molecule has 0 radical (unpaired) electrons. The van der Waals surface area contributed by atoms with Gasteiger partial charge in [-0.3, -0.25) is 4.98 Å². The predicted molar refractivity (Wildman–Crippen MR) is 67.6 cm³/mol. The summed E-state index contributed by atoms with van der Waals surface area (Å²) >= 11 is 0. The lowest BCUT2D eigenvalue weighted by atomic mass is 9.89. The minimum atomic E-state index is 0.582. The van der Waals surface area contributed by atoms with Crippen molar-refractivity contribution < 1.29 is 0 Å². The van der Waals surface area contributed by atoms with Crippen LogP contribution in [0.3, 0.4) is 0 Å². The summed E-state index contributed by atoms with van der Waals surface area (Å²) in [6, 6.07) is 3.07. The lowest BCUT2D eigenvalue weighted by Gasteiger charge is -2.20. The molecule has 1 aromatic rings. The van der Waals surface area contributed by atoms with Gasteiger partial charge in [0.25, 0.3) is 0 Å². The summed E-state index contributed by atoms with van der Waals surface area (Å²) in [5.41, 5.74) is 2.62. The molecule has 0 aromatic carbocycles. The summed E-state index contributed by atoms with van der Waals surface area (Å²) in [4.78, 5) is 4.27. The number of nitrogens with zero attached hydrogens (tertiary/aromatic N) is 1. The van der Waals surface area contributed by atoms with E-state index >= 15 is 0 Å². The Balaban J connectivity index is 1.91. The van der Waals surface area contributed by atoms with Crippen LogP contribution in [0, 0.1) is 12.8 Å². The van der Waals surface area contributed by atoms with Gasteiger partial charge in [0.15, 0.2) is 0 Å². The Labute approximate surface area is 98.5 Å². The van der Waals surface area contributed by atoms with Crippen molar-refractivity contribution in [1.29, 1.82) is 0 Å². The molecule has 2 heteroatoms. The number of pyridine rings is 1. The van der Waals surface area contributed by atoms with Crippen LogP contribution in [0.5, 0.6) is 0 Å². The van der Waals surface area contributed by atoms with Crippen LogP contribution in [0.25, 0.3) is 0 Å². The second kappa shape index (κ2) is 4.96. The molecule has 0 amide bonds. The third-order valence-corrected chi connectivity index (χ3v) is 3.58. The molecule has 16 heavy (non-hydrogen) atoms. The van der Waals surface area contributed by atoms with Gasteiger partial charge >= 0.3 is 0 Å². The fourth-order valence-electron chi connectivity index (χ4n) is 1.97. The van der Waals surface area contributed by atoms with Crippen molar-refractivity contribution in [3.8, 4) is 0 Å². The van der Waals surface area contributed by atoms with Crippen molar-refractivity contribution in [2.45, 2.75) is 45.6 Å². The molecular formula is C14H22N2. The predicted octanol–water partition coefficient (Wildman–Crippen LogP) is 2.88. The van der Waals surface area contributed by atoms with Crippen molar-refractivity contribution in [2.75, 3.05) is 6.54 Å². The van der Waals surface area contributed by atoms with Gasteiger partial charge in [-0.1, -0.05) is 19.9 Å². The van der Waals surface area contributed by atoms with Gasteiger partial charge in [-0.25, -0.2) is 0 Å². The molecule has 0 aliphatic heterocycles. The molecule has 2 unspecified atom stereocenters. The summed E-state index contributed by atoms with van der Waals surface area (Å²) in [5, 5.41) is 3.60. The van der Waals surface area contributed by atoms with E-state index < -0.39 is 0 Å². The lowest BCUT2D eigenvalue weighted by Crippen LogP contribution is -2.26. The Bertz CT molecular complexity index is 344. The van der Waals surface area contributed by atoms with E-state index in [1.54, 1.807) is 0 Å². The van der Waals surface area contributed by atoms with Crippen molar-refractivity contribution in [3.63, 3.8) is 0 Å². The zero-order valence-electron chi connectivity index (χ0n) is 10.5. The normalized spacial score (nSPS) is 19.4. The number of hydrogen-bond acceptors (Lipinski definition) is 2. The van der Waals surface area contributed by atoms with Gasteiger partial charge in [0.1, 0.15) is 0 Å². The van der Waals surface area contributed by atoms with E-state index in [4.69, 9.17) is 0 Å². The highest BCUT2D eigenvalue weighted by Gasteiger charge is 2.22. The van der Waals surface area contributed by atoms with Crippen molar-refractivity contribution >= 4 is 0 Å². The van der Waals surface area contributed by atoms with Crippen LogP contribution in [-0.2, 0) is 0 Å². The zero-order valence-corrected chi connectivity index (χ0v) is 10.5. The van der Waals surface area contributed by atoms with Gasteiger partial charge in [0.2, 0.25) is 0 Å². The number of aromatic nitrogens is 1. The van der Waals surface area contributed by atoms with E-state index in [-0.39, 0.29) is 0 Å². The topological polar surface area (TPSA) is 24.9 Å². The van der Waals surface area contributed by atoms with Gasteiger partial charge < -0.3 is 5.32 Å². The first kappa shape index (κ1) is 11.6. The molecule has 2 rings (SSSR count). The van der Waals surface area contributed by atoms with E-state index in [1.807, 2.05) is 12.4 Å². The van der Waals surface area contributed by atoms with Crippen LogP contribution >= 0.6 is 0 Å². The summed E-state index contributed by atoms with van der Waals surface area (Å²) in [5.74, 6) is 1.25. The molecule has 0 spiro atoms. The third kappa shape index (κ3) is 3.05. The Morgan fingerprint density at radius 2 is 2.12 bits per heavy atom. The van der Waals surface area contributed by atoms with Crippen LogP contribution in [0.1, 0.15) is 43.7 Å². The maximum Gasteiger partial charge on any atom is 0.0302 e. The minimum Gasteiger partial charge on any atom is -0.314 e. The van der Waals surface area contributed by atoms with Crippen LogP contribution in [0.15, 0.2) is 18.5 Å². The number of rotatable bonds is 5. The minimum absolute atomic E-state index is 0.582. The zero-order chi connectivity index (χ0) is 11.5. The monoisotopic (exact) mass is 218 g/mol. The molecule has 88 valence electrons. The largest absolute Gasteiger partial charge is 0.314 e. The number of nitrogens with one attached hydrogen (secondary N) is 1. The smallest absolute Gasteiger partial charge is 0.0302 e. The second-order valence-corrected chi connectivity index (χ2v) is 5.24. The third-order valence-electron chi connectivity index (χ3n) is 3.58. The number of hydrogen-bond donors (Lipinski definition) is 1. The van der Waals surface area contributed by atoms with Crippen LogP contribution in [0.2, 0.25) is 0 Å².